The molecule has 0 saturated carbocycles. The van der Waals surface area contributed by atoms with E-state index in [9.17, 15) is 29.1 Å². The number of carbonyl (C=O) groups excluding carboxylic acids is 4. The fourth-order valence-corrected chi connectivity index (χ4v) is 3.60. The number of rotatable bonds is 20. The molecule has 0 spiro atoms. The molecule has 0 aliphatic carbocycles. The Morgan fingerprint density at radius 1 is 0.900 bits per heavy atom. The second kappa shape index (κ2) is 18.1. The number of guanidine groups is 1. The molecule has 0 radical (unpaired) electrons. The molecular formula is C23H41N11O6. The maximum absolute atomic E-state index is 13.3. The monoisotopic (exact) mass is 567 g/mol. The highest BCUT2D eigenvalue weighted by Gasteiger charge is 2.30. The number of carbonyl (C=O) groups is 5. The van der Waals surface area contributed by atoms with Crippen molar-refractivity contribution in [3.05, 3.63) is 18.2 Å². The topological polar surface area (TPSA) is 313 Å². The Hall–Kier alpha value is -4.25. The molecule has 1 aromatic heterocycles. The van der Waals surface area contributed by atoms with Gasteiger partial charge >= 0.3 is 5.97 Å². The van der Waals surface area contributed by atoms with E-state index in [-0.39, 0.29) is 51.0 Å². The Balaban J connectivity index is 3.07. The van der Waals surface area contributed by atoms with E-state index in [2.05, 4.69) is 30.9 Å². The first-order valence-corrected chi connectivity index (χ1v) is 12.8. The molecule has 1 heterocycles. The minimum Gasteiger partial charge on any atom is -0.480 e. The third-order valence-corrected chi connectivity index (χ3v) is 5.79. The van der Waals surface area contributed by atoms with Crippen LogP contribution < -0.4 is 44.6 Å². The molecule has 0 bridgehead atoms. The number of H-pyrrole nitrogens is 1. The fraction of sp³-hybridized carbons (Fsp3) is 0.609. The molecule has 15 N–H and O–H groups in total. The second-order valence-electron chi connectivity index (χ2n) is 9.15. The molecule has 1 aromatic rings. The van der Waals surface area contributed by atoms with Crippen molar-refractivity contribution in [2.75, 3.05) is 13.1 Å². The number of hydrogen-bond acceptors (Lipinski definition) is 9. The molecule has 0 aliphatic heterocycles. The number of nitrogens with two attached hydrogens (primary N) is 5. The molecule has 0 aromatic carbocycles. The number of aliphatic carboxylic acids is 1. The number of nitrogens with zero attached hydrogens (tertiary/aromatic N) is 2. The number of unbranched alkanes of at least 4 members (excludes halogenated alkanes) is 1. The number of amides is 4. The van der Waals surface area contributed by atoms with Gasteiger partial charge in [-0.1, -0.05) is 0 Å². The Labute approximate surface area is 231 Å². The zero-order valence-corrected chi connectivity index (χ0v) is 22.3. The van der Waals surface area contributed by atoms with Crippen LogP contribution in [0, 0.1) is 0 Å². The van der Waals surface area contributed by atoms with Gasteiger partial charge in [-0.25, -0.2) is 9.78 Å². The summed E-state index contributed by atoms with van der Waals surface area (Å²) in [7, 11) is 0. The maximum Gasteiger partial charge on any atom is 0.326 e. The van der Waals surface area contributed by atoms with Crippen LogP contribution >= 0.6 is 0 Å². The number of hydrogen-bond donors (Lipinski definition) is 10. The lowest BCUT2D eigenvalue weighted by Gasteiger charge is -2.25. The highest BCUT2D eigenvalue weighted by molar-refractivity contribution is 5.94. The minimum atomic E-state index is -1.23. The molecule has 0 saturated heterocycles. The molecule has 40 heavy (non-hydrogen) atoms. The van der Waals surface area contributed by atoms with Gasteiger partial charge in [0.25, 0.3) is 0 Å². The maximum atomic E-state index is 13.3. The highest BCUT2D eigenvalue weighted by atomic mass is 16.4. The molecule has 4 atom stereocenters. The predicted molar refractivity (Wildman–Crippen MR) is 145 cm³/mol. The molecule has 0 aliphatic rings. The van der Waals surface area contributed by atoms with E-state index in [0.717, 1.165) is 0 Å². The third-order valence-electron chi connectivity index (χ3n) is 5.79. The zero-order valence-electron chi connectivity index (χ0n) is 22.3. The summed E-state index contributed by atoms with van der Waals surface area (Å²) in [6.07, 6.45) is 4.20. The Morgan fingerprint density at radius 2 is 1.52 bits per heavy atom. The van der Waals surface area contributed by atoms with Gasteiger partial charge in [-0.2, -0.15) is 0 Å². The largest absolute Gasteiger partial charge is 0.480 e. The highest BCUT2D eigenvalue weighted by Crippen LogP contribution is 2.07. The van der Waals surface area contributed by atoms with Crippen LogP contribution in [0.25, 0.3) is 0 Å². The lowest BCUT2D eigenvalue weighted by molar-refractivity contribution is -0.142. The van der Waals surface area contributed by atoms with E-state index >= 15 is 0 Å². The average Bonchev–Trinajstić information content (AvgIpc) is 3.40. The van der Waals surface area contributed by atoms with Crippen LogP contribution in [0.1, 0.15) is 50.6 Å². The van der Waals surface area contributed by atoms with E-state index in [4.69, 9.17) is 28.7 Å². The third kappa shape index (κ3) is 13.5. The van der Waals surface area contributed by atoms with Crippen molar-refractivity contribution >= 4 is 35.6 Å². The number of primary amides is 1. The number of carboxylic acids is 1. The first-order chi connectivity index (χ1) is 18.9. The minimum absolute atomic E-state index is 0.0285. The van der Waals surface area contributed by atoms with Crippen molar-refractivity contribution in [1.82, 2.24) is 25.9 Å². The van der Waals surface area contributed by atoms with Gasteiger partial charge in [0.1, 0.15) is 18.1 Å². The molecule has 17 nitrogen and oxygen atoms in total. The van der Waals surface area contributed by atoms with Gasteiger partial charge in [0.05, 0.1) is 12.4 Å². The van der Waals surface area contributed by atoms with Crippen molar-refractivity contribution in [2.45, 2.75) is 75.5 Å². The van der Waals surface area contributed by atoms with E-state index in [1.165, 1.54) is 12.5 Å². The van der Waals surface area contributed by atoms with Crippen LogP contribution in [-0.2, 0) is 30.4 Å². The molecule has 224 valence electrons. The number of nitrogens with one attached hydrogen (secondary N) is 4. The van der Waals surface area contributed by atoms with Crippen LogP contribution in [0.4, 0.5) is 0 Å². The standard InChI is InChI=1S/C23H41N11O6/c24-8-2-1-4-16(22(39)40)33-20(37)15(5-3-9-30-23(27)28)32-21(38)17(10-13-11-29-12-31-13)34-19(36)14(25)6-7-18(26)35/h11-12,14-17H,1-10,24-25H2,(H2,26,35)(H,29,31)(H,32,38)(H,33,37)(H,34,36)(H,39,40)(H4,27,28,30). The Kier molecular flexibility index (Phi) is 15.3. The molecule has 4 amide bonds. The first kappa shape index (κ1) is 33.8. The first-order valence-electron chi connectivity index (χ1n) is 12.8. The summed E-state index contributed by atoms with van der Waals surface area (Å²) in [6, 6.07) is -4.68. The smallest absolute Gasteiger partial charge is 0.326 e. The zero-order chi connectivity index (χ0) is 30.1. The molecule has 0 fully saturated rings. The van der Waals surface area contributed by atoms with Crippen molar-refractivity contribution < 1.29 is 29.1 Å². The second-order valence-corrected chi connectivity index (χ2v) is 9.15. The van der Waals surface area contributed by atoms with E-state index in [0.29, 0.717) is 25.1 Å². The summed E-state index contributed by atoms with van der Waals surface area (Å²) < 4.78 is 0. The summed E-state index contributed by atoms with van der Waals surface area (Å²) in [5.41, 5.74) is 27.6. The average molecular weight is 568 g/mol. The predicted octanol–water partition coefficient (Wildman–Crippen LogP) is -3.73. The fourth-order valence-electron chi connectivity index (χ4n) is 3.60. The van der Waals surface area contributed by atoms with E-state index in [1.807, 2.05) is 0 Å². The van der Waals surface area contributed by atoms with Crippen molar-refractivity contribution in [3.8, 4) is 0 Å². The Morgan fingerprint density at radius 3 is 2.10 bits per heavy atom. The summed E-state index contributed by atoms with van der Waals surface area (Å²) in [6.45, 7) is 0.531. The number of aromatic nitrogens is 2. The van der Waals surface area contributed by atoms with Crippen molar-refractivity contribution in [3.63, 3.8) is 0 Å². The van der Waals surface area contributed by atoms with Gasteiger partial charge in [0.15, 0.2) is 5.96 Å². The molecule has 1 rings (SSSR count). The van der Waals surface area contributed by atoms with Gasteiger partial charge in [-0.3, -0.25) is 24.2 Å². The summed E-state index contributed by atoms with van der Waals surface area (Å²) >= 11 is 0. The van der Waals surface area contributed by atoms with E-state index in [1.54, 1.807) is 0 Å². The van der Waals surface area contributed by atoms with Crippen LogP contribution in [-0.4, -0.2) is 87.9 Å². The van der Waals surface area contributed by atoms with Crippen molar-refractivity contribution in [2.24, 2.45) is 33.7 Å². The number of carboxylic acid groups (broad SMARTS) is 1. The SMILES string of the molecule is NCCCCC(NC(=O)C(CCCN=C(N)N)NC(=O)C(Cc1cnc[nH]1)NC(=O)C(N)CCC(N)=O)C(=O)O. The van der Waals surface area contributed by atoms with E-state index < -0.39 is 53.8 Å². The quantitative estimate of drug-likeness (QED) is 0.0414. The van der Waals surface area contributed by atoms with Gasteiger partial charge in [-0.15, -0.1) is 0 Å². The number of aromatic amines is 1. The van der Waals surface area contributed by atoms with Crippen molar-refractivity contribution in [1.29, 1.82) is 0 Å². The molecule has 17 heteroatoms. The number of imidazole rings is 1. The summed E-state index contributed by atoms with van der Waals surface area (Å²) in [4.78, 5) is 72.4. The van der Waals surface area contributed by atoms with Crippen LogP contribution in [0.2, 0.25) is 0 Å². The lowest BCUT2D eigenvalue weighted by atomic mass is 10.0. The van der Waals surface area contributed by atoms with Crippen LogP contribution in [0.5, 0.6) is 0 Å². The van der Waals surface area contributed by atoms with Gasteiger partial charge in [-0.05, 0) is 45.1 Å². The van der Waals surface area contributed by atoms with Crippen LogP contribution in [0.3, 0.4) is 0 Å². The van der Waals surface area contributed by atoms with Gasteiger partial charge in [0.2, 0.25) is 23.6 Å². The molecule has 4 unspecified atom stereocenters. The van der Waals surface area contributed by atoms with Crippen LogP contribution in [0.15, 0.2) is 17.5 Å². The van der Waals surface area contributed by atoms with Gasteiger partial charge < -0.3 is 54.7 Å². The number of aliphatic imine (C=N–C) groups is 1. The lowest BCUT2D eigenvalue weighted by Crippen LogP contribution is -2.57. The molecular weight excluding hydrogens is 526 g/mol. The normalized spacial score (nSPS) is 13.8. The van der Waals surface area contributed by atoms with Gasteiger partial charge in [0, 0.05) is 31.3 Å². The summed E-state index contributed by atoms with van der Waals surface area (Å²) in [5.74, 6) is -4.19. The Bertz CT molecular complexity index is 997. The summed E-state index contributed by atoms with van der Waals surface area (Å²) in [5, 5.41) is 17.1.